The van der Waals surface area contributed by atoms with Crippen LogP contribution in [0.1, 0.15) is 23.5 Å². The molecule has 0 saturated heterocycles. The summed E-state index contributed by atoms with van der Waals surface area (Å²) in [5.74, 6) is -0.0661. The Morgan fingerprint density at radius 3 is 2.37 bits per heavy atom. The molecule has 1 aliphatic rings. The molecule has 0 radical (unpaired) electrons. The minimum Gasteiger partial charge on any atom is -0.489 e. The van der Waals surface area contributed by atoms with Crippen LogP contribution in [0.25, 0.3) is 0 Å². The van der Waals surface area contributed by atoms with E-state index >= 15 is 0 Å². The molecule has 1 aromatic heterocycles. The third kappa shape index (κ3) is 4.01. The van der Waals surface area contributed by atoms with Crippen LogP contribution >= 0.6 is 0 Å². The fourth-order valence-corrected chi connectivity index (χ4v) is 3.68. The number of carbonyl (C=O) groups excluding carboxylic acids is 1. The predicted octanol–water partition coefficient (Wildman–Crippen LogP) is 4.35. The summed E-state index contributed by atoms with van der Waals surface area (Å²) in [5, 5.41) is 2.82. The highest BCUT2D eigenvalue weighted by Crippen LogP contribution is 2.55. The van der Waals surface area contributed by atoms with Crippen molar-refractivity contribution in [2.75, 3.05) is 11.9 Å². The fraction of sp³-hybridized carbons (Fsp3) is 0.261. The number of benzene rings is 2. The summed E-state index contributed by atoms with van der Waals surface area (Å²) >= 11 is 0. The summed E-state index contributed by atoms with van der Waals surface area (Å²) in [5.41, 5.74) is 1.47. The van der Waals surface area contributed by atoms with Crippen LogP contribution in [0.2, 0.25) is 0 Å². The predicted molar refractivity (Wildman–Crippen MR) is 108 cm³/mol. The van der Waals surface area contributed by atoms with Gasteiger partial charge in [-0.3, -0.25) is 4.79 Å². The topological polar surface area (TPSA) is 64.1 Å². The van der Waals surface area contributed by atoms with E-state index in [1.165, 1.54) is 36.4 Å². The molecular weight excluding hydrogens is 388 g/mol. The van der Waals surface area contributed by atoms with Crippen molar-refractivity contribution in [3.63, 3.8) is 0 Å². The molecule has 0 bridgehead atoms. The number of hydrogen-bond donors (Lipinski definition) is 1. The third-order valence-electron chi connectivity index (χ3n) is 5.46. The second-order valence-electron chi connectivity index (χ2n) is 7.57. The molecule has 2 atom stereocenters. The van der Waals surface area contributed by atoms with E-state index in [0.717, 1.165) is 5.56 Å². The van der Waals surface area contributed by atoms with Crippen molar-refractivity contribution >= 4 is 11.6 Å². The molecule has 0 unspecified atom stereocenters. The molecule has 1 amide bonds. The number of hydrogen-bond acceptors (Lipinski definition) is 4. The van der Waals surface area contributed by atoms with Gasteiger partial charge in [0.15, 0.2) is 5.75 Å². The highest BCUT2D eigenvalue weighted by Gasteiger charge is 2.60. The van der Waals surface area contributed by atoms with Gasteiger partial charge in [-0.1, -0.05) is 12.1 Å². The lowest BCUT2D eigenvalue weighted by atomic mass is 9.93. The molecule has 3 aromatic rings. The largest absolute Gasteiger partial charge is 0.489 e. The summed E-state index contributed by atoms with van der Waals surface area (Å²) in [7, 11) is 0. The number of ether oxygens (including phenoxy) is 1. The highest BCUT2D eigenvalue weighted by atomic mass is 19.1. The molecule has 0 aliphatic heterocycles. The van der Waals surface area contributed by atoms with Crippen LogP contribution in [0.15, 0.2) is 54.7 Å². The maximum atomic E-state index is 13.5. The molecule has 7 heteroatoms. The minimum atomic E-state index is -0.588. The summed E-state index contributed by atoms with van der Waals surface area (Å²) in [6.45, 7) is 3.86. The lowest BCUT2D eigenvalue weighted by molar-refractivity contribution is -0.117. The molecule has 4 rings (SSSR count). The zero-order valence-corrected chi connectivity index (χ0v) is 16.7. The van der Waals surface area contributed by atoms with Crippen molar-refractivity contribution in [2.45, 2.75) is 25.7 Å². The number of carbonyl (C=O) groups is 1. The van der Waals surface area contributed by atoms with Crippen molar-refractivity contribution in [3.8, 4) is 5.75 Å². The van der Waals surface area contributed by atoms with Gasteiger partial charge >= 0.3 is 0 Å². The van der Waals surface area contributed by atoms with E-state index in [2.05, 4.69) is 15.3 Å². The van der Waals surface area contributed by atoms with Crippen LogP contribution in [0.3, 0.4) is 0 Å². The molecule has 0 spiro atoms. The monoisotopic (exact) mass is 409 g/mol. The Kier molecular flexibility index (Phi) is 5.20. The first kappa shape index (κ1) is 19.9. The molecule has 1 aliphatic carbocycles. The number of anilines is 1. The molecule has 154 valence electrons. The summed E-state index contributed by atoms with van der Waals surface area (Å²) in [6, 6.07) is 11.7. The lowest BCUT2D eigenvalue weighted by Crippen LogP contribution is -2.26. The normalized spacial score (nSPS) is 19.9. The van der Waals surface area contributed by atoms with Gasteiger partial charge in [-0.25, -0.2) is 18.7 Å². The molecule has 2 aromatic carbocycles. The van der Waals surface area contributed by atoms with Gasteiger partial charge in [0.2, 0.25) is 5.91 Å². The van der Waals surface area contributed by atoms with Gasteiger partial charge in [0, 0.05) is 11.1 Å². The van der Waals surface area contributed by atoms with Crippen LogP contribution in [0.4, 0.5) is 14.5 Å². The van der Waals surface area contributed by atoms with Crippen LogP contribution in [0.5, 0.6) is 5.75 Å². The second kappa shape index (κ2) is 7.82. The number of rotatable bonds is 6. The highest BCUT2D eigenvalue weighted by molar-refractivity contribution is 5.96. The smallest absolute Gasteiger partial charge is 0.228 e. The summed E-state index contributed by atoms with van der Waals surface area (Å²) in [6.07, 6.45) is 2.17. The average Bonchev–Trinajstić information content (AvgIpc) is 3.45. The number of amides is 1. The van der Waals surface area contributed by atoms with E-state index in [-0.39, 0.29) is 30.1 Å². The number of nitrogens with one attached hydrogen (secondary N) is 1. The maximum absolute atomic E-state index is 13.5. The van der Waals surface area contributed by atoms with Crippen molar-refractivity contribution in [3.05, 3.63) is 83.4 Å². The van der Waals surface area contributed by atoms with Crippen LogP contribution < -0.4 is 10.1 Å². The van der Waals surface area contributed by atoms with Gasteiger partial charge in [0.25, 0.3) is 0 Å². The number of nitrogens with zero attached hydrogens (tertiary/aromatic N) is 2. The first-order valence-electron chi connectivity index (χ1n) is 9.63. The van der Waals surface area contributed by atoms with Gasteiger partial charge in [-0.15, -0.1) is 0 Å². The van der Waals surface area contributed by atoms with E-state index in [9.17, 15) is 13.6 Å². The third-order valence-corrected chi connectivity index (χ3v) is 5.46. The Morgan fingerprint density at radius 1 is 1.10 bits per heavy atom. The van der Waals surface area contributed by atoms with Crippen LogP contribution in [-0.4, -0.2) is 22.5 Å². The van der Waals surface area contributed by atoms with E-state index in [4.69, 9.17) is 4.74 Å². The zero-order chi connectivity index (χ0) is 21.3. The Balaban J connectivity index is 1.55. The molecule has 1 fully saturated rings. The molecule has 1 N–H and O–H groups in total. The van der Waals surface area contributed by atoms with E-state index in [1.807, 2.05) is 6.92 Å². The zero-order valence-electron chi connectivity index (χ0n) is 16.7. The Morgan fingerprint density at radius 2 is 1.73 bits per heavy atom. The second-order valence-corrected chi connectivity index (χ2v) is 7.57. The molecule has 5 nitrogen and oxygen atoms in total. The Hall–Kier alpha value is -3.35. The average molecular weight is 409 g/mol. The van der Waals surface area contributed by atoms with Crippen molar-refractivity contribution < 1.29 is 18.3 Å². The molecule has 1 heterocycles. The van der Waals surface area contributed by atoms with Crippen LogP contribution in [0, 0.1) is 31.4 Å². The first-order chi connectivity index (χ1) is 14.4. The quantitative estimate of drug-likeness (QED) is 0.658. The van der Waals surface area contributed by atoms with E-state index in [1.54, 1.807) is 25.3 Å². The molecule has 30 heavy (non-hydrogen) atoms. The van der Waals surface area contributed by atoms with Gasteiger partial charge in [0.1, 0.15) is 17.5 Å². The molecule has 1 saturated carbocycles. The van der Waals surface area contributed by atoms with Gasteiger partial charge < -0.3 is 10.1 Å². The Bertz CT molecular complexity index is 1070. The van der Waals surface area contributed by atoms with Crippen LogP contribution in [-0.2, 0) is 10.2 Å². The maximum Gasteiger partial charge on any atom is 0.228 e. The number of aromatic nitrogens is 2. The van der Waals surface area contributed by atoms with Crippen molar-refractivity contribution in [1.82, 2.24) is 9.97 Å². The SMILES string of the molecule is Cc1ncc(OC[C@@]2(c3ccc(F)cc3)C[C@H]2C(=O)Nc2ccc(F)cc2)c(C)n1. The first-order valence-corrected chi connectivity index (χ1v) is 9.63. The van der Waals surface area contributed by atoms with Gasteiger partial charge in [-0.2, -0.15) is 0 Å². The van der Waals surface area contributed by atoms with Gasteiger partial charge in [-0.05, 0) is 62.2 Å². The Labute approximate surface area is 173 Å². The number of aryl methyl sites for hydroxylation is 2. The number of halogens is 2. The van der Waals surface area contributed by atoms with Gasteiger partial charge in [0.05, 0.1) is 24.4 Å². The van der Waals surface area contributed by atoms with E-state index in [0.29, 0.717) is 29.4 Å². The summed E-state index contributed by atoms with van der Waals surface area (Å²) < 4.78 is 32.6. The molecular formula is C23H21F2N3O2. The summed E-state index contributed by atoms with van der Waals surface area (Å²) in [4.78, 5) is 21.3. The standard InChI is InChI=1S/C23H21F2N3O2/c1-14-21(12-26-15(2)27-14)30-13-23(16-3-5-17(24)6-4-16)11-20(23)22(29)28-19-9-7-18(25)8-10-19/h3-10,12,20H,11,13H2,1-2H3,(H,28,29)/t20-,23+/m0/s1. The fourth-order valence-electron chi connectivity index (χ4n) is 3.68. The lowest BCUT2D eigenvalue weighted by Gasteiger charge is -2.19. The minimum absolute atomic E-state index is 0.189. The van der Waals surface area contributed by atoms with Crippen molar-refractivity contribution in [1.29, 1.82) is 0 Å². The van der Waals surface area contributed by atoms with Crippen molar-refractivity contribution in [2.24, 2.45) is 5.92 Å². The van der Waals surface area contributed by atoms with E-state index < -0.39 is 5.41 Å².